The minimum atomic E-state index is -0.352. The molecule has 0 aliphatic carbocycles. The second-order valence-electron chi connectivity index (χ2n) is 7.47. The van der Waals surface area contributed by atoms with E-state index in [0.29, 0.717) is 17.0 Å². The van der Waals surface area contributed by atoms with E-state index in [0.717, 1.165) is 27.8 Å². The first kappa shape index (κ1) is 21.7. The summed E-state index contributed by atoms with van der Waals surface area (Å²) in [6.07, 6.45) is 0.807. The van der Waals surface area contributed by atoms with E-state index in [2.05, 4.69) is 17.1 Å². The maximum atomic E-state index is 12.9. The van der Waals surface area contributed by atoms with Crippen molar-refractivity contribution < 1.29 is 14.3 Å². The number of hydrogen-bond donors (Lipinski definition) is 0. The van der Waals surface area contributed by atoms with Gasteiger partial charge in [0.05, 0.1) is 16.8 Å². The predicted octanol–water partition coefficient (Wildman–Crippen LogP) is 4.91. The molecule has 4 rings (SSSR count). The van der Waals surface area contributed by atoms with Gasteiger partial charge in [-0.25, -0.2) is 0 Å². The number of nitrogens with zero attached hydrogens (tertiary/aromatic N) is 2. The van der Waals surface area contributed by atoms with Crippen LogP contribution in [-0.2, 0) is 22.5 Å². The molecule has 3 aromatic carbocycles. The number of fused-ring (bicyclic) bond motifs is 1. The van der Waals surface area contributed by atoms with Crippen LogP contribution in [0.3, 0.4) is 0 Å². The van der Waals surface area contributed by atoms with Crippen LogP contribution in [0, 0.1) is 6.92 Å². The summed E-state index contributed by atoms with van der Waals surface area (Å²) < 4.78 is 7.87. The summed E-state index contributed by atoms with van der Waals surface area (Å²) in [5.41, 5.74) is 4.77. The molecule has 32 heavy (non-hydrogen) atoms. The second-order valence-corrected chi connectivity index (χ2v) is 8.48. The molecule has 6 heteroatoms. The van der Waals surface area contributed by atoms with E-state index in [-0.39, 0.29) is 18.4 Å². The van der Waals surface area contributed by atoms with Gasteiger partial charge >= 0.3 is 5.97 Å². The molecule has 0 N–H and O–H groups in total. The number of carbonyl (C=O) groups excluding carboxylic acids is 2. The number of aryl methyl sites for hydroxylation is 1. The first-order valence-corrected chi connectivity index (χ1v) is 11.3. The van der Waals surface area contributed by atoms with Crippen LogP contribution in [0.2, 0.25) is 0 Å². The third-order valence-corrected chi connectivity index (χ3v) is 6.19. The van der Waals surface area contributed by atoms with Crippen LogP contribution in [0.25, 0.3) is 10.2 Å². The van der Waals surface area contributed by atoms with E-state index in [1.165, 1.54) is 16.9 Å². The van der Waals surface area contributed by atoms with Crippen molar-refractivity contribution in [3.8, 4) is 0 Å². The lowest BCUT2D eigenvalue weighted by atomic mass is 10.0. The Bertz CT molecular complexity index is 1320. The minimum absolute atomic E-state index is 0.0147. The quantitative estimate of drug-likeness (QED) is 0.397. The summed E-state index contributed by atoms with van der Waals surface area (Å²) in [5, 5.41) is 0. The Morgan fingerprint density at radius 2 is 1.66 bits per heavy atom. The van der Waals surface area contributed by atoms with E-state index in [9.17, 15) is 9.59 Å². The van der Waals surface area contributed by atoms with Gasteiger partial charge in [-0.3, -0.25) is 9.59 Å². The van der Waals surface area contributed by atoms with Gasteiger partial charge in [-0.1, -0.05) is 65.9 Å². The van der Waals surface area contributed by atoms with Crippen LogP contribution in [0.15, 0.2) is 77.8 Å². The number of ether oxygens (including phenoxy) is 1. The lowest BCUT2D eigenvalue weighted by Crippen LogP contribution is -2.23. The molecule has 0 unspecified atom stereocenters. The molecule has 0 atom stereocenters. The van der Waals surface area contributed by atoms with Crippen molar-refractivity contribution in [3.63, 3.8) is 0 Å². The number of esters is 1. The third-order valence-electron chi connectivity index (χ3n) is 5.14. The first-order chi connectivity index (χ1) is 15.5. The van der Waals surface area contributed by atoms with Crippen molar-refractivity contribution in [2.45, 2.75) is 26.8 Å². The van der Waals surface area contributed by atoms with Crippen molar-refractivity contribution in [2.24, 2.45) is 4.99 Å². The van der Waals surface area contributed by atoms with Crippen molar-refractivity contribution in [1.29, 1.82) is 0 Å². The predicted molar refractivity (Wildman–Crippen MR) is 127 cm³/mol. The first-order valence-electron chi connectivity index (χ1n) is 10.5. The average molecular weight is 445 g/mol. The summed E-state index contributed by atoms with van der Waals surface area (Å²) in [5.74, 6) is -0.687. The van der Waals surface area contributed by atoms with Crippen LogP contribution in [0.1, 0.15) is 34.0 Å². The molecule has 0 fully saturated rings. The molecule has 1 aromatic heterocycles. The Kier molecular flexibility index (Phi) is 6.61. The van der Waals surface area contributed by atoms with Crippen molar-refractivity contribution in [2.75, 3.05) is 6.61 Å². The molecule has 0 aliphatic heterocycles. The zero-order valence-electron chi connectivity index (χ0n) is 18.1. The smallest absolute Gasteiger partial charge is 0.326 e. The molecule has 5 nitrogen and oxygen atoms in total. The van der Waals surface area contributed by atoms with Gasteiger partial charge in [-0.2, -0.15) is 4.99 Å². The zero-order chi connectivity index (χ0) is 22.5. The fraction of sp³-hybridized carbons (Fsp3) is 0.192. The third kappa shape index (κ3) is 4.86. The second kappa shape index (κ2) is 9.75. The van der Waals surface area contributed by atoms with Gasteiger partial charge in [0.1, 0.15) is 6.54 Å². The van der Waals surface area contributed by atoms with Gasteiger partial charge in [-0.05, 0) is 55.2 Å². The van der Waals surface area contributed by atoms with Crippen LogP contribution in [-0.4, -0.2) is 23.1 Å². The zero-order valence-corrected chi connectivity index (χ0v) is 18.9. The number of hydrogen-bond acceptors (Lipinski definition) is 4. The normalized spacial score (nSPS) is 11.6. The van der Waals surface area contributed by atoms with E-state index in [4.69, 9.17) is 4.74 Å². The number of carbonyl (C=O) groups is 2. The maximum Gasteiger partial charge on any atom is 0.326 e. The molecule has 0 spiro atoms. The summed E-state index contributed by atoms with van der Waals surface area (Å²) in [7, 11) is 0. The molecular formula is C26H24N2O3S. The van der Waals surface area contributed by atoms with Gasteiger partial charge in [0, 0.05) is 5.56 Å². The number of para-hydroxylation sites is 1. The maximum absolute atomic E-state index is 12.9. The Balaban J connectivity index is 1.65. The summed E-state index contributed by atoms with van der Waals surface area (Å²) in [4.78, 5) is 30.0. The molecule has 1 amide bonds. The summed E-state index contributed by atoms with van der Waals surface area (Å²) in [6.45, 7) is 4.07. The minimum Gasteiger partial charge on any atom is -0.465 e. The molecule has 162 valence electrons. The highest BCUT2D eigenvalue weighted by Gasteiger charge is 2.14. The van der Waals surface area contributed by atoms with Crippen LogP contribution in [0.5, 0.6) is 0 Å². The van der Waals surface area contributed by atoms with Crippen molar-refractivity contribution in [3.05, 3.63) is 99.9 Å². The van der Waals surface area contributed by atoms with E-state index in [1.54, 1.807) is 23.6 Å². The molecule has 4 aromatic rings. The van der Waals surface area contributed by atoms with Crippen LogP contribution >= 0.6 is 11.3 Å². The highest BCUT2D eigenvalue weighted by atomic mass is 32.1. The highest BCUT2D eigenvalue weighted by molar-refractivity contribution is 7.16. The number of thiazole rings is 1. The molecule has 0 radical (unpaired) electrons. The number of amides is 1. The Labute approximate surface area is 190 Å². The summed E-state index contributed by atoms with van der Waals surface area (Å²) in [6, 6.07) is 23.6. The molecule has 0 aliphatic rings. The van der Waals surface area contributed by atoms with E-state index < -0.39 is 0 Å². The van der Waals surface area contributed by atoms with Gasteiger partial charge in [-0.15, -0.1) is 0 Å². The van der Waals surface area contributed by atoms with Crippen LogP contribution < -0.4 is 4.80 Å². The van der Waals surface area contributed by atoms with Gasteiger partial charge in [0.15, 0.2) is 4.80 Å². The standard InChI is InChI=1S/C26H24N2O3S/c1-3-31-23(29)17-28-24-18(2)8-7-11-22(24)32-26(28)27-25(30)21-14-12-20(13-15-21)16-19-9-5-4-6-10-19/h4-15H,3,16-17H2,1-2H3. The highest BCUT2D eigenvalue weighted by Crippen LogP contribution is 2.21. The van der Waals surface area contributed by atoms with Gasteiger partial charge in [0.25, 0.3) is 5.91 Å². The summed E-state index contributed by atoms with van der Waals surface area (Å²) >= 11 is 1.39. The Morgan fingerprint density at radius 1 is 0.938 bits per heavy atom. The molecule has 0 bridgehead atoms. The monoisotopic (exact) mass is 444 g/mol. The number of benzene rings is 3. The lowest BCUT2D eigenvalue weighted by Gasteiger charge is -2.07. The van der Waals surface area contributed by atoms with E-state index in [1.807, 2.05) is 55.5 Å². The van der Waals surface area contributed by atoms with Gasteiger partial charge < -0.3 is 9.30 Å². The topological polar surface area (TPSA) is 60.7 Å². The van der Waals surface area contributed by atoms with Crippen molar-refractivity contribution >= 4 is 33.4 Å². The molecule has 0 saturated heterocycles. The molecular weight excluding hydrogens is 420 g/mol. The van der Waals surface area contributed by atoms with Gasteiger partial charge in [0.2, 0.25) is 0 Å². The average Bonchev–Trinajstić information content (AvgIpc) is 3.13. The molecule has 1 heterocycles. The Hall–Kier alpha value is -3.51. The largest absolute Gasteiger partial charge is 0.465 e. The Morgan fingerprint density at radius 3 is 2.38 bits per heavy atom. The number of rotatable bonds is 6. The fourth-order valence-electron chi connectivity index (χ4n) is 3.62. The lowest BCUT2D eigenvalue weighted by molar-refractivity contribution is -0.143. The number of aromatic nitrogens is 1. The van der Waals surface area contributed by atoms with E-state index >= 15 is 0 Å². The van der Waals surface area contributed by atoms with Crippen molar-refractivity contribution in [1.82, 2.24) is 4.57 Å². The SMILES string of the molecule is CCOC(=O)Cn1c(=NC(=O)c2ccc(Cc3ccccc3)cc2)sc2cccc(C)c21. The molecule has 0 saturated carbocycles. The fourth-order valence-corrected chi connectivity index (χ4v) is 4.73. The van der Waals surface area contributed by atoms with Crippen LogP contribution in [0.4, 0.5) is 0 Å².